The van der Waals surface area contributed by atoms with Crippen LogP contribution in [0.1, 0.15) is 45.0 Å². The van der Waals surface area contributed by atoms with Crippen LogP contribution in [0.3, 0.4) is 0 Å². The van der Waals surface area contributed by atoms with E-state index in [1.165, 1.54) is 23.2 Å². The van der Waals surface area contributed by atoms with Crippen molar-refractivity contribution in [3.63, 3.8) is 0 Å². The molecule has 0 spiro atoms. The average molecular weight is 304 g/mol. The number of amides is 2. The van der Waals surface area contributed by atoms with Gasteiger partial charge >= 0.3 is 5.91 Å². The highest BCUT2D eigenvalue weighted by atomic mass is 19.1. The molecule has 2 amide bonds. The standard InChI is InChI=1S/C17H21FN2O2/c1-12(2)9-10-15(21)19-20(17(3,4)5)16(22)13-7-6-8-14(18)11-13/h6-8,11-12H,1-5H3,(H,19,21). The second-order valence-corrected chi connectivity index (χ2v) is 6.19. The lowest BCUT2D eigenvalue weighted by Gasteiger charge is -2.34. The van der Waals surface area contributed by atoms with Gasteiger partial charge in [-0.1, -0.05) is 25.8 Å². The van der Waals surface area contributed by atoms with Crippen molar-refractivity contribution in [2.45, 2.75) is 40.2 Å². The molecule has 0 atom stereocenters. The van der Waals surface area contributed by atoms with E-state index >= 15 is 0 Å². The average Bonchev–Trinajstić information content (AvgIpc) is 2.40. The Labute approximate surface area is 130 Å². The maximum Gasteiger partial charge on any atom is 0.314 e. The van der Waals surface area contributed by atoms with Gasteiger partial charge in [0, 0.05) is 11.5 Å². The zero-order valence-corrected chi connectivity index (χ0v) is 13.5. The summed E-state index contributed by atoms with van der Waals surface area (Å²) in [7, 11) is 0. The lowest BCUT2D eigenvalue weighted by atomic mass is 10.1. The Morgan fingerprint density at radius 1 is 1.27 bits per heavy atom. The van der Waals surface area contributed by atoms with Crippen LogP contribution in [-0.4, -0.2) is 22.4 Å². The fourth-order valence-electron chi connectivity index (χ4n) is 1.61. The monoisotopic (exact) mass is 304 g/mol. The van der Waals surface area contributed by atoms with Crippen LogP contribution >= 0.6 is 0 Å². The number of nitrogens with one attached hydrogen (secondary N) is 1. The van der Waals surface area contributed by atoms with E-state index in [1.807, 2.05) is 13.8 Å². The Bertz CT molecular complexity index is 622. The van der Waals surface area contributed by atoms with Crippen LogP contribution in [0.2, 0.25) is 0 Å². The van der Waals surface area contributed by atoms with Crippen molar-refractivity contribution in [3.8, 4) is 11.8 Å². The van der Waals surface area contributed by atoms with Gasteiger partial charge in [-0.05, 0) is 44.9 Å². The molecule has 0 fully saturated rings. The van der Waals surface area contributed by atoms with Gasteiger partial charge in [0.05, 0.1) is 5.54 Å². The molecule has 1 N–H and O–H groups in total. The van der Waals surface area contributed by atoms with E-state index in [9.17, 15) is 14.0 Å². The molecule has 22 heavy (non-hydrogen) atoms. The van der Waals surface area contributed by atoms with Crippen molar-refractivity contribution in [1.29, 1.82) is 0 Å². The summed E-state index contributed by atoms with van der Waals surface area (Å²) in [5, 5.41) is 1.17. The summed E-state index contributed by atoms with van der Waals surface area (Å²) in [6.07, 6.45) is 0. The number of halogens is 1. The van der Waals surface area contributed by atoms with Crippen molar-refractivity contribution < 1.29 is 14.0 Å². The van der Waals surface area contributed by atoms with Gasteiger partial charge in [-0.3, -0.25) is 15.0 Å². The number of benzene rings is 1. The van der Waals surface area contributed by atoms with Crippen LogP contribution in [0.15, 0.2) is 24.3 Å². The van der Waals surface area contributed by atoms with Crippen LogP contribution in [0.4, 0.5) is 4.39 Å². The summed E-state index contributed by atoms with van der Waals surface area (Å²) in [6, 6.07) is 5.33. The zero-order chi connectivity index (χ0) is 16.9. The summed E-state index contributed by atoms with van der Waals surface area (Å²) >= 11 is 0. The second-order valence-electron chi connectivity index (χ2n) is 6.19. The Morgan fingerprint density at radius 2 is 1.91 bits per heavy atom. The molecule has 0 aliphatic carbocycles. The third kappa shape index (κ3) is 5.21. The van der Waals surface area contributed by atoms with Gasteiger partial charge in [0.1, 0.15) is 5.82 Å². The molecule has 1 aromatic carbocycles. The van der Waals surface area contributed by atoms with Gasteiger partial charge < -0.3 is 0 Å². The zero-order valence-electron chi connectivity index (χ0n) is 13.5. The number of hydrazine groups is 1. The summed E-state index contributed by atoms with van der Waals surface area (Å²) < 4.78 is 13.3. The van der Waals surface area contributed by atoms with Crippen LogP contribution < -0.4 is 5.43 Å². The first-order valence-electron chi connectivity index (χ1n) is 7.03. The minimum Gasteiger partial charge on any atom is -0.267 e. The molecule has 0 aliphatic rings. The van der Waals surface area contributed by atoms with E-state index in [0.717, 1.165) is 6.07 Å². The number of carbonyl (C=O) groups excluding carboxylic acids is 2. The van der Waals surface area contributed by atoms with Crippen LogP contribution in [0.5, 0.6) is 0 Å². The van der Waals surface area contributed by atoms with Gasteiger partial charge in [-0.25, -0.2) is 9.40 Å². The third-order valence-electron chi connectivity index (χ3n) is 2.63. The first-order chi connectivity index (χ1) is 10.1. The normalized spacial score (nSPS) is 10.7. The topological polar surface area (TPSA) is 49.4 Å². The molecule has 0 unspecified atom stereocenters. The number of carbonyl (C=O) groups is 2. The minimum atomic E-state index is -0.682. The summed E-state index contributed by atoms with van der Waals surface area (Å²) in [5.74, 6) is 3.64. The smallest absolute Gasteiger partial charge is 0.267 e. The Morgan fingerprint density at radius 3 is 2.41 bits per heavy atom. The maximum atomic E-state index is 13.3. The Hall–Kier alpha value is -2.35. The molecular weight excluding hydrogens is 283 g/mol. The SMILES string of the molecule is CC(C)C#CC(=O)NN(C(=O)c1cccc(F)c1)C(C)(C)C. The molecule has 0 aromatic heterocycles. The fourth-order valence-corrected chi connectivity index (χ4v) is 1.61. The summed E-state index contributed by atoms with van der Waals surface area (Å²) in [5.41, 5.74) is 1.96. The number of hydrogen-bond acceptors (Lipinski definition) is 2. The molecule has 1 aromatic rings. The van der Waals surface area contributed by atoms with E-state index in [-0.39, 0.29) is 11.5 Å². The van der Waals surface area contributed by atoms with Gasteiger partial charge in [-0.2, -0.15) is 0 Å². The van der Waals surface area contributed by atoms with Crippen LogP contribution in [0, 0.1) is 23.6 Å². The molecule has 0 heterocycles. The van der Waals surface area contributed by atoms with E-state index in [4.69, 9.17) is 0 Å². The molecule has 0 saturated heterocycles. The molecular formula is C17H21FN2O2. The molecule has 5 heteroatoms. The number of rotatable bonds is 1. The van der Waals surface area contributed by atoms with Gasteiger partial charge in [0.2, 0.25) is 0 Å². The fraction of sp³-hybridized carbons (Fsp3) is 0.412. The molecule has 0 aliphatic heterocycles. The first-order valence-corrected chi connectivity index (χ1v) is 7.03. The predicted octanol–water partition coefficient (Wildman–Crippen LogP) is 2.76. The lowest BCUT2D eigenvalue weighted by molar-refractivity contribution is -0.121. The highest BCUT2D eigenvalue weighted by Gasteiger charge is 2.29. The molecule has 0 bridgehead atoms. The minimum absolute atomic E-state index is 0.0488. The largest absolute Gasteiger partial charge is 0.314 e. The van der Waals surface area contributed by atoms with Crippen molar-refractivity contribution >= 4 is 11.8 Å². The number of hydrogen-bond donors (Lipinski definition) is 1. The van der Waals surface area contributed by atoms with Gasteiger partial charge in [0.15, 0.2) is 0 Å². The van der Waals surface area contributed by atoms with Gasteiger partial charge in [-0.15, -0.1) is 0 Å². The van der Waals surface area contributed by atoms with E-state index in [2.05, 4.69) is 17.3 Å². The summed E-state index contributed by atoms with van der Waals surface area (Å²) in [6.45, 7) is 9.01. The molecule has 0 saturated carbocycles. The van der Waals surface area contributed by atoms with Gasteiger partial charge in [0.25, 0.3) is 5.91 Å². The Kier molecular flexibility index (Phi) is 5.69. The maximum absolute atomic E-state index is 13.3. The van der Waals surface area contributed by atoms with E-state index < -0.39 is 23.2 Å². The van der Waals surface area contributed by atoms with Crippen molar-refractivity contribution in [3.05, 3.63) is 35.6 Å². The highest BCUT2D eigenvalue weighted by molar-refractivity contribution is 5.99. The second kappa shape index (κ2) is 7.08. The van der Waals surface area contributed by atoms with E-state index in [0.29, 0.717) is 0 Å². The predicted molar refractivity (Wildman–Crippen MR) is 83.1 cm³/mol. The van der Waals surface area contributed by atoms with Crippen molar-refractivity contribution in [2.24, 2.45) is 5.92 Å². The number of nitrogens with zero attached hydrogens (tertiary/aromatic N) is 1. The first kappa shape index (κ1) is 17.7. The van der Waals surface area contributed by atoms with Crippen LogP contribution in [-0.2, 0) is 4.79 Å². The van der Waals surface area contributed by atoms with Crippen molar-refractivity contribution in [2.75, 3.05) is 0 Å². The molecule has 1 rings (SSSR count). The Balaban J connectivity index is 3.03. The summed E-state index contributed by atoms with van der Waals surface area (Å²) in [4.78, 5) is 24.4. The highest BCUT2D eigenvalue weighted by Crippen LogP contribution is 2.15. The van der Waals surface area contributed by atoms with Crippen LogP contribution in [0.25, 0.3) is 0 Å². The quantitative estimate of drug-likeness (QED) is 0.640. The third-order valence-corrected chi connectivity index (χ3v) is 2.63. The van der Waals surface area contributed by atoms with E-state index in [1.54, 1.807) is 20.8 Å². The molecule has 118 valence electrons. The molecule has 0 radical (unpaired) electrons. The lowest BCUT2D eigenvalue weighted by Crippen LogP contribution is -2.55. The van der Waals surface area contributed by atoms with Crippen molar-refractivity contribution in [1.82, 2.24) is 10.4 Å². The molecule has 4 nitrogen and oxygen atoms in total.